The van der Waals surface area contributed by atoms with Gasteiger partial charge in [-0.1, -0.05) is 35.5 Å². The Morgan fingerprint density at radius 3 is 2.58 bits per heavy atom. The highest BCUT2D eigenvalue weighted by molar-refractivity contribution is 6.45. The number of halogens is 1. The molecule has 2 aromatic carbocycles. The highest BCUT2D eigenvalue weighted by atomic mass is 19.1. The number of rotatable bonds is 6. The zero-order chi connectivity index (χ0) is 17.5. The third-order valence-electron chi connectivity index (χ3n) is 3.25. The van der Waals surface area contributed by atoms with Crippen LogP contribution in [0.4, 0.5) is 4.39 Å². The number of nitrogens with zero attached hydrogens (tertiary/aromatic N) is 2. The summed E-state index contributed by atoms with van der Waals surface area (Å²) in [6.07, 6.45) is 0. The quantitative estimate of drug-likeness (QED) is 0.604. The van der Waals surface area contributed by atoms with Crippen molar-refractivity contribution < 1.29 is 18.8 Å². The number of carbonyl (C=O) groups excluding carboxylic acids is 1. The van der Waals surface area contributed by atoms with Crippen molar-refractivity contribution >= 4 is 11.6 Å². The smallest absolute Gasteiger partial charge is 0.276 e. The average Bonchev–Trinajstić information content (AvgIpc) is 2.57. The van der Waals surface area contributed by atoms with Crippen LogP contribution in [0.25, 0.3) is 0 Å². The molecule has 2 aromatic rings. The molecular formula is C18H19FN2O3. The molecule has 0 spiro atoms. The Kier molecular flexibility index (Phi) is 5.89. The van der Waals surface area contributed by atoms with Gasteiger partial charge in [0.15, 0.2) is 5.71 Å². The van der Waals surface area contributed by atoms with Crippen molar-refractivity contribution in [3.8, 4) is 5.75 Å². The fraction of sp³-hybridized carbons (Fsp3) is 0.222. The standard InChI is InChI=1S/C18H19FN2O3/c1-21(2)18(22)17(20-23-3)16-10-5-4-7-13(16)12-24-15-9-6-8-14(19)11-15/h4-11H,12H2,1-3H3/b20-17+. The first kappa shape index (κ1) is 17.5. The number of benzene rings is 2. The predicted molar refractivity (Wildman–Crippen MR) is 89.4 cm³/mol. The molecule has 126 valence electrons. The van der Waals surface area contributed by atoms with Gasteiger partial charge < -0.3 is 14.5 Å². The number of hydrogen-bond donors (Lipinski definition) is 0. The molecule has 1 amide bonds. The summed E-state index contributed by atoms with van der Waals surface area (Å²) in [6, 6.07) is 13.1. The van der Waals surface area contributed by atoms with E-state index in [0.29, 0.717) is 11.3 Å². The van der Waals surface area contributed by atoms with E-state index < -0.39 is 0 Å². The number of amides is 1. The summed E-state index contributed by atoms with van der Waals surface area (Å²) >= 11 is 0. The second-order valence-corrected chi connectivity index (χ2v) is 5.23. The molecule has 6 heteroatoms. The van der Waals surface area contributed by atoms with Gasteiger partial charge in [0.25, 0.3) is 5.91 Å². The number of likely N-dealkylation sites (N-methyl/N-ethyl adjacent to an activating group) is 1. The fourth-order valence-corrected chi connectivity index (χ4v) is 2.10. The van der Waals surface area contributed by atoms with E-state index >= 15 is 0 Å². The van der Waals surface area contributed by atoms with Crippen molar-refractivity contribution in [2.45, 2.75) is 6.61 Å². The third kappa shape index (κ3) is 4.32. The van der Waals surface area contributed by atoms with Gasteiger partial charge in [-0.15, -0.1) is 0 Å². The molecule has 0 saturated carbocycles. The first-order valence-electron chi connectivity index (χ1n) is 7.32. The zero-order valence-corrected chi connectivity index (χ0v) is 13.8. The third-order valence-corrected chi connectivity index (χ3v) is 3.25. The summed E-state index contributed by atoms with van der Waals surface area (Å²) in [5.41, 5.74) is 1.53. The molecule has 0 aromatic heterocycles. The normalized spacial score (nSPS) is 11.1. The van der Waals surface area contributed by atoms with Crippen LogP contribution in [0.1, 0.15) is 11.1 Å². The first-order chi connectivity index (χ1) is 11.5. The van der Waals surface area contributed by atoms with E-state index in [-0.39, 0.29) is 24.0 Å². The van der Waals surface area contributed by atoms with Crippen molar-refractivity contribution in [2.24, 2.45) is 5.16 Å². The van der Waals surface area contributed by atoms with Crippen LogP contribution in [-0.4, -0.2) is 37.7 Å². The SMILES string of the molecule is CO/N=C(/C(=O)N(C)C)c1ccccc1COc1cccc(F)c1. The summed E-state index contributed by atoms with van der Waals surface area (Å²) in [5.74, 6) is -0.241. The molecule has 0 unspecified atom stereocenters. The lowest BCUT2D eigenvalue weighted by Crippen LogP contribution is -2.31. The minimum Gasteiger partial charge on any atom is -0.489 e. The van der Waals surface area contributed by atoms with Gasteiger partial charge in [-0.05, 0) is 17.7 Å². The van der Waals surface area contributed by atoms with Gasteiger partial charge >= 0.3 is 0 Å². The van der Waals surface area contributed by atoms with E-state index in [1.54, 1.807) is 38.4 Å². The van der Waals surface area contributed by atoms with Crippen molar-refractivity contribution in [2.75, 3.05) is 21.2 Å². The Bertz CT molecular complexity index is 745. The molecule has 0 aliphatic rings. The van der Waals surface area contributed by atoms with Gasteiger partial charge in [-0.2, -0.15) is 0 Å². The maximum absolute atomic E-state index is 13.2. The van der Waals surface area contributed by atoms with Gasteiger partial charge in [0.05, 0.1) is 0 Å². The lowest BCUT2D eigenvalue weighted by molar-refractivity contribution is -0.121. The van der Waals surface area contributed by atoms with E-state index in [9.17, 15) is 9.18 Å². The van der Waals surface area contributed by atoms with E-state index in [1.807, 2.05) is 12.1 Å². The van der Waals surface area contributed by atoms with Gasteiger partial charge in [-0.3, -0.25) is 4.79 Å². The number of ether oxygens (including phenoxy) is 1. The van der Waals surface area contributed by atoms with Crippen molar-refractivity contribution in [1.82, 2.24) is 4.90 Å². The summed E-state index contributed by atoms with van der Waals surface area (Å²) in [5, 5.41) is 3.86. The monoisotopic (exact) mass is 330 g/mol. The molecule has 24 heavy (non-hydrogen) atoms. The molecular weight excluding hydrogens is 311 g/mol. The molecule has 0 aliphatic carbocycles. The molecule has 0 radical (unpaired) electrons. The molecule has 5 nitrogen and oxygen atoms in total. The Morgan fingerprint density at radius 2 is 1.92 bits per heavy atom. The highest BCUT2D eigenvalue weighted by Gasteiger charge is 2.20. The lowest BCUT2D eigenvalue weighted by Gasteiger charge is -2.15. The van der Waals surface area contributed by atoms with E-state index in [0.717, 1.165) is 5.56 Å². The molecule has 0 atom stereocenters. The van der Waals surface area contributed by atoms with E-state index in [4.69, 9.17) is 9.57 Å². The lowest BCUT2D eigenvalue weighted by atomic mass is 10.0. The Labute approximate surface area is 140 Å². The van der Waals surface area contributed by atoms with Gasteiger partial charge in [-0.25, -0.2) is 4.39 Å². The summed E-state index contributed by atoms with van der Waals surface area (Å²) < 4.78 is 18.9. The minimum atomic E-state index is -0.370. The Balaban J connectivity index is 2.29. The Morgan fingerprint density at radius 1 is 1.17 bits per heavy atom. The Hall–Kier alpha value is -2.89. The molecule has 0 saturated heterocycles. The molecule has 2 rings (SSSR count). The number of hydrogen-bond acceptors (Lipinski definition) is 4. The average molecular weight is 330 g/mol. The molecule has 0 aliphatic heterocycles. The van der Waals surface area contributed by atoms with Crippen LogP contribution in [0, 0.1) is 5.82 Å². The van der Waals surface area contributed by atoms with Crippen molar-refractivity contribution in [3.05, 3.63) is 65.5 Å². The number of carbonyl (C=O) groups is 1. The van der Waals surface area contributed by atoms with Gasteiger partial charge in [0.2, 0.25) is 0 Å². The molecule has 0 N–H and O–H groups in total. The molecule has 0 fully saturated rings. The van der Waals surface area contributed by atoms with E-state index in [1.165, 1.54) is 24.1 Å². The maximum atomic E-state index is 13.2. The van der Waals surface area contributed by atoms with Crippen LogP contribution in [0.3, 0.4) is 0 Å². The first-order valence-corrected chi connectivity index (χ1v) is 7.32. The predicted octanol–water partition coefficient (Wildman–Crippen LogP) is 2.84. The van der Waals surface area contributed by atoms with Crippen LogP contribution in [0.15, 0.2) is 53.7 Å². The van der Waals surface area contributed by atoms with Crippen LogP contribution >= 0.6 is 0 Å². The minimum absolute atomic E-state index is 0.170. The number of oxime groups is 1. The van der Waals surface area contributed by atoms with Crippen LogP contribution < -0.4 is 4.74 Å². The largest absolute Gasteiger partial charge is 0.489 e. The summed E-state index contributed by atoms with van der Waals surface area (Å²) in [7, 11) is 4.66. The zero-order valence-electron chi connectivity index (χ0n) is 13.8. The second kappa shape index (κ2) is 8.10. The molecule has 0 bridgehead atoms. The van der Waals surface area contributed by atoms with Crippen molar-refractivity contribution in [1.29, 1.82) is 0 Å². The van der Waals surface area contributed by atoms with Gasteiger partial charge in [0, 0.05) is 25.7 Å². The highest BCUT2D eigenvalue weighted by Crippen LogP contribution is 2.17. The van der Waals surface area contributed by atoms with Crippen LogP contribution in [-0.2, 0) is 16.2 Å². The summed E-state index contributed by atoms with van der Waals surface area (Å²) in [4.78, 5) is 18.6. The molecule has 0 heterocycles. The fourth-order valence-electron chi connectivity index (χ4n) is 2.10. The maximum Gasteiger partial charge on any atom is 0.276 e. The van der Waals surface area contributed by atoms with E-state index in [2.05, 4.69) is 5.16 Å². The topological polar surface area (TPSA) is 51.1 Å². The second-order valence-electron chi connectivity index (χ2n) is 5.23. The van der Waals surface area contributed by atoms with Crippen molar-refractivity contribution in [3.63, 3.8) is 0 Å². The van der Waals surface area contributed by atoms with Crippen LogP contribution in [0.5, 0.6) is 5.75 Å². The van der Waals surface area contributed by atoms with Crippen LogP contribution in [0.2, 0.25) is 0 Å². The van der Waals surface area contributed by atoms with Gasteiger partial charge in [0.1, 0.15) is 25.3 Å². The summed E-state index contributed by atoms with van der Waals surface area (Å²) in [6.45, 7) is 0.170.